The largest absolute Gasteiger partial charge is 0.523 e. The summed E-state index contributed by atoms with van der Waals surface area (Å²) in [5.74, 6) is 0. The van der Waals surface area contributed by atoms with Gasteiger partial charge in [-0.05, 0) is 28.3 Å². The van der Waals surface area contributed by atoms with Gasteiger partial charge in [-0.3, -0.25) is 4.18 Å². The first kappa shape index (κ1) is 25.9. The molecule has 33 heavy (non-hydrogen) atoms. The van der Waals surface area contributed by atoms with Crippen molar-refractivity contribution < 1.29 is 34.9 Å². The van der Waals surface area contributed by atoms with Gasteiger partial charge in [0.25, 0.3) is 8.32 Å². The summed E-state index contributed by atoms with van der Waals surface area (Å²) in [7, 11) is -8.91. The zero-order valence-electron chi connectivity index (χ0n) is 18.8. The second kappa shape index (κ2) is 9.87. The van der Waals surface area contributed by atoms with Crippen LogP contribution in [0.25, 0.3) is 0 Å². The van der Waals surface area contributed by atoms with Crippen molar-refractivity contribution in [1.82, 2.24) is 0 Å². The quantitative estimate of drug-likeness (QED) is 0.311. The molecule has 0 unspecified atom stereocenters. The molecule has 1 fully saturated rings. The first-order valence-electron chi connectivity index (χ1n) is 10.7. The molecule has 1 heterocycles. The molecule has 0 N–H and O–H groups in total. The van der Waals surface area contributed by atoms with Crippen LogP contribution in [0.5, 0.6) is 0 Å². The van der Waals surface area contributed by atoms with Crippen molar-refractivity contribution in [2.24, 2.45) is 0 Å². The molecule has 1 saturated heterocycles. The highest BCUT2D eigenvalue weighted by atomic mass is 32.2. The normalized spacial score (nSPS) is 18.9. The molecule has 10 heteroatoms. The van der Waals surface area contributed by atoms with Gasteiger partial charge < -0.3 is 9.16 Å². The topological polar surface area (TPSA) is 61.8 Å². The Labute approximate surface area is 194 Å². The number of halogens is 3. The zero-order valence-corrected chi connectivity index (χ0v) is 20.7. The number of ether oxygens (including phenoxy) is 1. The highest BCUT2D eigenvalue weighted by Crippen LogP contribution is 2.37. The molecule has 5 nitrogen and oxygen atoms in total. The van der Waals surface area contributed by atoms with E-state index >= 15 is 0 Å². The third-order valence-electron chi connectivity index (χ3n) is 5.79. The maximum Gasteiger partial charge on any atom is 0.523 e. The van der Waals surface area contributed by atoms with Gasteiger partial charge in [0.15, 0.2) is 0 Å². The second-order valence-electron chi connectivity index (χ2n) is 9.06. The highest BCUT2D eigenvalue weighted by molar-refractivity contribution is 7.87. The van der Waals surface area contributed by atoms with E-state index in [9.17, 15) is 21.6 Å². The molecular weight excluding hydrogens is 473 g/mol. The van der Waals surface area contributed by atoms with E-state index in [0.29, 0.717) is 19.4 Å². The lowest BCUT2D eigenvalue weighted by atomic mass is 10.1. The molecule has 0 aromatic heterocycles. The van der Waals surface area contributed by atoms with Crippen molar-refractivity contribution >= 4 is 28.8 Å². The summed E-state index contributed by atoms with van der Waals surface area (Å²) in [4.78, 5) is 0. The Bertz CT molecular complexity index is 962. The number of hydrogen-bond donors (Lipinski definition) is 0. The lowest BCUT2D eigenvalue weighted by Gasteiger charge is -2.43. The van der Waals surface area contributed by atoms with Gasteiger partial charge in [-0.1, -0.05) is 81.4 Å². The summed E-state index contributed by atoms with van der Waals surface area (Å²) < 4.78 is 79.7. The van der Waals surface area contributed by atoms with Gasteiger partial charge in [-0.2, -0.15) is 21.6 Å². The molecule has 0 spiro atoms. The third kappa shape index (κ3) is 5.51. The number of benzene rings is 2. The molecule has 1 aliphatic heterocycles. The molecule has 0 saturated carbocycles. The Kier molecular flexibility index (Phi) is 7.74. The Morgan fingerprint density at radius 1 is 1.00 bits per heavy atom. The Morgan fingerprint density at radius 2 is 1.52 bits per heavy atom. The first-order chi connectivity index (χ1) is 15.4. The van der Waals surface area contributed by atoms with E-state index in [1.54, 1.807) is 0 Å². The van der Waals surface area contributed by atoms with Crippen LogP contribution in [0.3, 0.4) is 0 Å². The van der Waals surface area contributed by atoms with Gasteiger partial charge >= 0.3 is 15.6 Å². The van der Waals surface area contributed by atoms with Crippen LogP contribution >= 0.6 is 0 Å². The molecule has 2 aromatic rings. The molecule has 0 amide bonds. The van der Waals surface area contributed by atoms with Crippen LogP contribution in [0.2, 0.25) is 5.04 Å². The number of hydrogen-bond acceptors (Lipinski definition) is 5. The Balaban J connectivity index is 2.04. The van der Waals surface area contributed by atoms with Crippen LogP contribution in [0.15, 0.2) is 60.7 Å². The molecule has 0 radical (unpaired) electrons. The van der Waals surface area contributed by atoms with E-state index in [1.807, 2.05) is 81.4 Å². The zero-order chi connectivity index (χ0) is 24.3. The molecule has 1 aliphatic rings. The van der Waals surface area contributed by atoms with Crippen LogP contribution in [-0.2, 0) is 23.5 Å². The molecule has 2 atom stereocenters. The Hall–Kier alpha value is -1.72. The third-order valence-corrected chi connectivity index (χ3v) is 11.9. The summed E-state index contributed by atoms with van der Waals surface area (Å²) in [6.07, 6.45) is -1.22. The SMILES string of the molecule is CC(C)(C)[Si](OC[C@@H](OS(=O)(=O)C(F)(F)F)[C@@H]1CCCO1)(c1ccccc1)c1ccccc1. The standard InChI is InChI=1S/C23H29F3O5SSi/c1-22(2,3)33(18-11-6-4-7-12-18,19-13-8-5-9-14-19)30-17-21(20-15-10-16-29-20)31-32(27,28)23(24,25)26/h4-9,11-14,20-21H,10,15-17H2,1-3H3/t20-,21+/m0/s1. The van der Waals surface area contributed by atoms with Gasteiger partial charge in [0, 0.05) is 6.61 Å². The highest BCUT2D eigenvalue weighted by Gasteiger charge is 2.53. The second-order valence-corrected chi connectivity index (χ2v) is 14.9. The van der Waals surface area contributed by atoms with Gasteiger partial charge in [0.1, 0.15) is 6.10 Å². The predicted molar refractivity (Wildman–Crippen MR) is 122 cm³/mol. The first-order valence-corrected chi connectivity index (χ1v) is 14.1. The van der Waals surface area contributed by atoms with E-state index in [1.165, 1.54) is 0 Å². The minimum Gasteiger partial charge on any atom is -0.405 e. The van der Waals surface area contributed by atoms with Crippen molar-refractivity contribution in [2.75, 3.05) is 13.2 Å². The molecule has 0 bridgehead atoms. The average Bonchev–Trinajstić information content (AvgIpc) is 3.28. The van der Waals surface area contributed by atoms with Crippen molar-refractivity contribution in [2.45, 2.75) is 56.4 Å². The van der Waals surface area contributed by atoms with Crippen LogP contribution < -0.4 is 10.4 Å². The minimum absolute atomic E-state index is 0.329. The minimum atomic E-state index is -5.81. The van der Waals surface area contributed by atoms with Crippen molar-refractivity contribution in [3.8, 4) is 0 Å². The molecule has 182 valence electrons. The molecule has 2 aromatic carbocycles. The maximum absolute atomic E-state index is 13.1. The fraction of sp³-hybridized carbons (Fsp3) is 0.478. The lowest BCUT2D eigenvalue weighted by molar-refractivity contribution is -0.0692. The summed E-state index contributed by atoms with van der Waals surface area (Å²) >= 11 is 0. The smallest absolute Gasteiger partial charge is 0.405 e. The Morgan fingerprint density at radius 3 is 1.91 bits per heavy atom. The summed E-state index contributed by atoms with van der Waals surface area (Å²) in [6.45, 7) is 6.04. The van der Waals surface area contributed by atoms with E-state index in [4.69, 9.17) is 9.16 Å². The summed E-state index contributed by atoms with van der Waals surface area (Å²) in [5, 5.41) is 1.42. The molecule has 3 rings (SSSR count). The lowest BCUT2D eigenvalue weighted by Crippen LogP contribution is -2.67. The van der Waals surface area contributed by atoms with E-state index in [0.717, 1.165) is 10.4 Å². The van der Waals surface area contributed by atoms with Crippen molar-refractivity contribution in [3.05, 3.63) is 60.7 Å². The van der Waals surface area contributed by atoms with Gasteiger partial charge in [-0.25, -0.2) is 0 Å². The fourth-order valence-electron chi connectivity index (χ4n) is 4.28. The van der Waals surface area contributed by atoms with E-state index in [2.05, 4.69) is 4.18 Å². The van der Waals surface area contributed by atoms with Crippen molar-refractivity contribution in [1.29, 1.82) is 0 Å². The fourth-order valence-corrected chi connectivity index (χ4v) is 9.46. The number of alkyl halides is 3. The molecule has 0 aliphatic carbocycles. The van der Waals surface area contributed by atoms with E-state index < -0.39 is 41.2 Å². The van der Waals surface area contributed by atoms with Crippen LogP contribution in [-0.4, -0.2) is 47.7 Å². The van der Waals surface area contributed by atoms with Crippen LogP contribution in [0.4, 0.5) is 13.2 Å². The number of rotatable bonds is 8. The average molecular weight is 503 g/mol. The molecular formula is C23H29F3O5SSi. The van der Waals surface area contributed by atoms with Gasteiger partial charge in [0.2, 0.25) is 0 Å². The summed E-state index contributed by atoms with van der Waals surface area (Å²) in [5.41, 5.74) is -5.53. The summed E-state index contributed by atoms with van der Waals surface area (Å²) in [6, 6.07) is 19.1. The van der Waals surface area contributed by atoms with E-state index in [-0.39, 0.29) is 6.61 Å². The van der Waals surface area contributed by atoms with Crippen LogP contribution in [0, 0.1) is 0 Å². The monoisotopic (exact) mass is 502 g/mol. The van der Waals surface area contributed by atoms with Gasteiger partial charge in [-0.15, -0.1) is 0 Å². The van der Waals surface area contributed by atoms with Crippen molar-refractivity contribution in [3.63, 3.8) is 0 Å². The van der Waals surface area contributed by atoms with Crippen LogP contribution in [0.1, 0.15) is 33.6 Å². The predicted octanol–water partition coefficient (Wildman–Crippen LogP) is 3.98. The van der Waals surface area contributed by atoms with Gasteiger partial charge in [0.05, 0.1) is 12.7 Å². The maximum atomic E-state index is 13.1.